The van der Waals surface area contributed by atoms with Crippen LogP contribution in [0.2, 0.25) is 0 Å². The van der Waals surface area contributed by atoms with Crippen LogP contribution in [-0.4, -0.2) is 35.3 Å². The first-order valence-corrected chi connectivity index (χ1v) is 7.64. The van der Waals surface area contributed by atoms with Crippen molar-refractivity contribution in [3.05, 3.63) is 33.4 Å². The van der Waals surface area contributed by atoms with E-state index in [4.69, 9.17) is 5.11 Å². The number of hydrogen-bond acceptors (Lipinski definition) is 4. The summed E-state index contributed by atoms with van der Waals surface area (Å²) in [5.74, 6) is -6.84. The number of anilines is 1. The molecule has 144 valence electrons. The van der Waals surface area contributed by atoms with E-state index in [0.717, 1.165) is 4.90 Å². The lowest BCUT2D eigenvalue weighted by atomic mass is 9.85. The highest BCUT2D eigenvalue weighted by Gasteiger charge is 2.43. The van der Waals surface area contributed by atoms with Gasteiger partial charge < -0.3 is 10.0 Å². The molecule has 6 nitrogen and oxygen atoms in total. The third-order valence-electron chi connectivity index (χ3n) is 4.65. The molecule has 1 aromatic rings. The van der Waals surface area contributed by atoms with Crippen LogP contribution in [0.1, 0.15) is 36.0 Å². The number of rotatable bonds is 4. The van der Waals surface area contributed by atoms with Crippen molar-refractivity contribution in [2.75, 3.05) is 11.9 Å². The first-order valence-electron chi connectivity index (χ1n) is 7.64. The second kappa shape index (κ2) is 7.04. The SMILES string of the molecule is CN(c1c([N+](=O)[O-])cc(C(=O)O)c(F)c1F)C1CCC(C(F)(F)F)CC1. The predicted molar refractivity (Wildman–Crippen MR) is 80.2 cm³/mol. The Morgan fingerprint density at radius 2 is 1.77 bits per heavy atom. The Morgan fingerprint density at radius 1 is 1.23 bits per heavy atom. The van der Waals surface area contributed by atoms with Crippen LogP contribution in [0.15, 0.2) is 6.07 Å². The van der Waals surface area contributed by atoms with E-state index in [9.17, 15) is 36.9 Å². The fraction of sp³-hybridized carbons (Fsp3) is 0.533. The van der Waals surface area contributed by atoms with Crippen LogP contribution in [0.4, 0.5) is 33.3 Å². The Bertz CT molecular complexity index is 730. The first-order chi connectivity index (χ1) is 11.9. The summed E-state index contributed by atoms with van der Waals surface area (Å²) in [6.07, 6.45) is -4.84. The maximum Gasteiger partial charge on any atom is 0.391 e. The lowest BCUT2D eigenvalue weighted by Crippen LogP contribution is -2.39. The van der Waals surface area contributed by atoms with Gasteiger partial charge in [-0.1, -0.05) is 0 Å². The van der Waals surface area contributed by atoms with Crippen LogP contribution in [0.5, 0.6) is 0 Å². The maximum atomic E-state index is 14.4. The number of nitrogens with zero attached hydrogens (tertiary/aromatic N) is 2. The Balaban J connectivity index is 2.37. The maximum absolute atomic E-state index is 14.4. The molecular weight excluding hydrogens is 367 g/mol. The van der Waals surface area contributed by atoms with Gasteiger partial charge in [-0.15, -0.1) is 0 Å². The lowest BCUT2D eigenvalue weighted by molar-refractivity contribution is -0.384. The van der Waals surface area contributed by atoms with E-state index in [0.29, 0.717) is 6.07 Å². The molecule has 2 rings (SSSR count). The van der Waals surface area contributed by atoms with Gasteiger partial charge in [-0.2, -0.15) is 13.2 Å². The summed E-state index contributed by atoms with van der Waals surface area (Å²) in [5, 5.41) is 20.0. The highest BCUT2D eigenvalue weighted by atomic mass is 19.4. The minimum Gasteiger partial charge on any atom is -0.478 e. The lowest BCUT2D eigenvalue weighted by Gasteiger charge is -2.36. The van der Waals surface area contributed by atoms with Crippen molar-refractivity contribution in [3.63, 3.8) is 0 Å². The van der Waals surface area contributed by atoms with E-state index >= 15 is 0 Å². The van der Waals surface area contributed by atoms with E-state index in [-0.39, 0.29) is 25.7 Å². The van der Waals surface area contributed by atoms with Crippen LogP contribution in [0.3, 0.4) is 0 Å². The van der Waals surface area contributed by atoms with E-state index in [2.05, 4.69) is 0 Å². The fourth-order valence-corrected chi connectivity index (χ4v) is 3.21. The van der Waals surface area contributed by atoms with Crippen LogP contribution in [-0.2, 0) is 0 Å². The molecule has 0 heterocycles. The van der Waals surface area contributed by atoms with Gasteiger partial charge in [-0.25, -0.2) is 13.6 Å². The number of carbonyl (C=O) groups is 1. The summed E-state index contributed by atoms with van der Waals surface area (Å²) < 4.78 is 66.5. The van der Waals surface area contributed by atoms with Crippen molar-refractivity contribution in [1.29, 1.82) is 0 Å². The Morgan fingerprint density at radius 3 is 2.19 bits per heavy atom. The molecule has 0 amide bonds. The number of hydrogen-bond donors (Lipinski definition) is 1. The minimum atomic E-state index is -4.35. The Kier molecular flexibility index (Phi) is 5.38. The summed E-state index contributed by atoms with van der Waals surface area (Å²) in [6, 6.07) is -0.259. The quantitative estimate of drug-likeness (QED) is 0.481. The van der Waals surface area contributed by atoms with Gasteiger partial charge in [0.05, 0.1) is 10.8 Å². The monoisotopic (exact) mass is 382 g/mol. The van der Waals surface area contributed by atoms with Gasteiger partial charge >= 0.3 is 12.1 Å². The summed E-state index contributed by atoms with van der Waals surface area (Å²) >= 11 is 0. The number of benzene rings is 1. The number of alkyl halides is 3. The zero-order chi connectivity index (χ0) is 19.8. The summed E-state index contributed by atoms with van der Waals surface area (Å²) in [5.41, 5.74) is -2.91. The minimum absolute atomic E-state index is 0.0143. The second-order valence-corrected chi connectivity index (χ2v) is 6.14. The van der Waals surface area contributed by atoms with Gasteiger partial charge in [0.2, 0.25) is 0 Å². The van der Waals surface area contributed by atoms with Crippen molar-refractivity contribution in [2.24, 2.45) is 5.92 Å². The molecule has 26 heavy (non-hydrogen) atoms. The molecule has 1 fully saturated rings. The summed E-state index contributed by atoms with van der Waals surface area (Å²) in [6.45, 7) is 0. The smallest absolute Gasteiger partial charge is 0.391 e. The molecule has 0 unspecified atom stereocenters. The number of aromatic carboxylic acids is 1. The average molecular weight is 382 g/mol. The Labute approximate surface area is 144 Å². The van der Waals surface area contributed by atoms with E-state index in [1.807, 2.05) is 0 Å². The number of carboxylic acids is 1. The van der Waals surface area contributed by atoms with Gasteiger partial charge in [-0.05, 0) is 25.7 Å². The van der Waals surface area contributed by atoms with Crippen LogP contribution in [0, 0.1) is 27.7 Å². The normalized spacial score (nSPS) is 20.7. The molecule has 1 aliphatic carbocycles. The highest BCUT2D eigenvalue weighted by Crippen LogP contribution is 2.42. The molecule has 0 atom stereocenters. The first kappa shape index (κ1) is 19.9. The molecule has 0 aromatic heterocycles. The number of nitro groups is 1. The third kappa shape index (κ3) is 3.70. The molecule has 0 saturated heterocycles. The molecule has 1 N–H and O–H groups in total. The van der Waals surface area contributed by atoms with Crippen molar-refractivity contribution >= 4 is 17.3 Å². The van der Waals surface area contributed by atoms with Crippen molar-refractivity contribution in [3.8, 4) is 0 Å². The predicted octanol–water partition coefficient (Wildman–Crippen LogP) is 4.13. The van der Waals surface area contributed by atoms with Gasteiger partial charge in [-0.3, -0.25) is 10.1 Å². The highest BCUT2D eigenvalue weighted by molar-refractivity contribution is 5.90. The zero-order valence-corrected chi connectivity index (χ0v) is 13.5. The van der Waals surface area contributed by atoms with Gasteiger partial charge in [0.15, 0.2) is 17.3 Å². The molecule has 1 saturated carbocycles. The second-order valence-electron chi connectivity index (χ2n) is 6.14. The Hall–Kier alpha value is -2.46. The van der Waals surface area contributed by atoms with Crippen molar-refractivity contribution in [2.45, 2.75) is 37.9 Å². The van der Waals surface area contributed by atoms with Crippen molar-refractivity contribution < 1.29 is 36.8 Å². The van der Waals surface area contributed by atoms with Crippen LogP contribution < -0.4 is 4.90 Å². The molecule has 0 bridgehead atoms. The number of halogens is 5. The van der Waals surface area contributed by atoms with Gasteiger partial charge in [0.1, 0.15) is 5.56 Å². The molecule has 0 aliphatic heterocycles. The fourth-order valence-electron chi connectivity index (χ4n) is 3.21. The average Bonchev–Trinajstić information content (AvgIpc) is 2.55. The number of carboxylic acid groups (broad SMARTS) is 1. The molecule has 0 radical (unpaired) electrons. The van der Waals surface area contributed by atoms with Gasteiger partial charge in [0.25, 0.3) is 5.69 Å². The standard InChI is InChI=1S/C15H15F5N2O4/c1-21(8-4-2-7(3-5-8)15(18,19)20)13-10(22(25)26)6-9(14(23)24)11(16)12(13)17/h6-8H,2-5H2,1H3,(H,23,24). The van der Waals surface area contributed by atoms with E-state index < -0.39 is 57.6 Å². The largest absolute Gasteiger partial charge is 0.478 e. The summed E-state index contributed by atoms with van der Waals surface area (Å²) in [4.78, 5) is 22.1. The third-order valence-corrected chi connectivity index (χ3v) is 4.65. The van der Waals surface area contributed by atoms with E-state index in [1.165, 1.54) is 7.05 Å². The molecule has 1 aromatic carbocycles. The molecule has 11 heteroatoms. The summed E-state index contributed by atoms with van der Waals surface area (Å²) in [7, 11) is 1.21. The molecule has 1 aliphatic rings. The van der Waals surface area contributed by atoms with Gasteiger partial charge in [0, 0.05) is 19.2 Å². The number of nitro benzene ring substituents is 1. The molecular formula is C15H15F5N2O4. The molecule has 0 spiro atoms. The zero-order valence-electron chi connectivity index (χ0n) is 13.5. The van der Waals surface area contributed by atoms with E-state index in [1.54, 1.807) is 0 Å². The topological polar surface area (TPSA) is 83.7 Å². The van der Waals surface area contributed by atoms with Crippen molar-refractivity contribution in [1.82, 2.24) is 0 Å². The van der Waals surface area contributed by atoms with Crippen LogP contribution in [0.25, 0.3) is 0 Å². The van der Waals surface area contributed by atoms with Crippen LogP contribution >= 0.6 is 0 Å².